The summed E-state index contributed by atoms with van der Waals surface area (Å²) in [7, 11) is 4.02. The third-order valence-corrected chi connectivity index (χ3v) is 3.92. The number of benzene rings is 1. The van der Waals surface area contributed by atoms with Crippen molar-refractivity contribution in [2.24, 2.45) is 7.05 Å². The van der Waals surface area contributed by atoms with Crippen LogP contribution in [-0.2, 0) is 19.9 Å². The highest BCUT2D eigenvalue weighted by Crippen LogP contribution is 2.15. The zero-order valence-corrected chi connectivity index (χ0v) is 13.0. The molecule has 0 amide bonds. The first-order valence-corrected chi connectivity index (χ1v) is 7.29. The van der Waals surface area contributed by atoms with Gasteiger partial charge in [0.25, 0.3) is 0 Å². The van der Waals surface area contributed by atoms with E-state index in [9.17, 15) is 0 Å². The van der Waals surface area contributed by atoms with Crippen LogP contribution in [0, 0.1) is 13.8 Å². The third kappa shape index (κ3) is 3.94. The van der Waals surface area contributed by atoms with Gasteiger partial charge in [0.15, 0.2) is 0 Å². The van der Waals surface area contributed by atoms with Crippen LogP contribution in [0.1, 0.15) is 28.7 Å². The summed E-state index contributed by atoms with van der Waals surface area (Å²) in [6, 6.07) is 7.22. The number of hydrogen-bond acceptors (Lipinski definition) is 2. The molecule has 1 N–H and O–H groups in total. The lowest BCUT2D eigenvalue weighted by Gasteiger charge is -2.17. The molecule has 108 valence electrons. The first kappa shape index (κ1) is 14.8. The lowest BCUT2D eigenvalue weighted by atomic mass is 9.96. The normalized spacial score (nSPS) is 12.6. The van der Waals surface area contributed by atoms with Crippen molar-refractivity contribution in [1.29, 1.82) is 0 Å². The average molecular weight is 271 g/mol. The van der Waals surface area contributed by atoms with Gasteiger partial charge in [-0.25, -0.2) is 0 Å². The lowest BCUT2D eigenvalue weighted by molar-refractivity contribution is 0.519. The number of rotatable bonds is 6. The number of nitrogens with one attached hydrogen (secondary N) is 1. The SMILES string of the molecule is CNC(CCc1cnn(C)c1)Cc1cc(C)ccc1C. The lowest BCUT2D eigenvalue weighted by Crippen LogP contribution is -2.28. The minimum atomic E-state index is 0.510. The molecule has 0 aliphatic carbocycles. The van der Waals surface area contributed by atoms with Crippen molar-refractivity contribution < 1.29 is 0 Å². The molecule has 1 atom stereocenters. The Hall–Kier alpha value is -1.61. The van der Waals surface area contributed by atoms with Crippen molar-refractivity contribution in [3.05, 3.63) is 52.8 Å². The summed E-state index contributed by atoms with van der Waals surface area (Å²) >= 11 is 0. The maximum absolute atomic E-state index is 4.23. The topological polar surface area (TPSA) is 29.9 Å². The summed E-state index contributed by atoms with van der Waals surface area (Å²) in [6.07, 6.45) is 7.36. The van der Waals surface area contributed by atoms with Gasteiger partial charge in [-0.2, -0.15) is 5.10 Å². The van der Waals surface area contributed by atoms with Crippen molar-refractivity contribution in [3.63, 3.8) is 0 Å². The van der Waals surface area contributed by atoms with Crippen molar-refractivity contribution in [2.75, 3.05) is 7.05 Å². The van der Waals surface area contributed by atoms with Gasteiger partial charge < -0.3 is 5.32 Å². The van der Waals surface area contributed by atoms with Crippen LogP contribution in [0.4, 0.5) is 0 Å². The largest absolute Gasteiger partial charge is 0.317 e. The first-order valence-electron chi connectivity index (χ1n) is 7.29. The second-order valence-electron chi connectivity index (χ2n) is 5.68. The Morgan fingerprint density at radius 1 is 1.30 bits per heavy atom. The standard InChI is InChI=1S/C17H25N3/c1-13-5-6-14(2)16(9-13)10-17(18-3)8-7-15-11-19-20(4)12-15/h5-6,9,11-12,17-18H,7-8,10H2,1-4H3. The van der Waals surface area contributed by atoms with Gasteiger partial charge in [-0.1, -0.05) is 23.8 Å². The molecular weight excluding hydrogens is 246 g/mol. The fourth-order valence-corrected chi connectivity index (χ4v) is 2.58. The molecule has 1 heterocycles. The fraction of sp³-hybridized carbons (Fsp3) is 0.471. The zero-order chi connectivity index (χ0) is 14.5. The van der Waals surface area contributed by atoms with Crippen LogP contribution >= 0.6 is 0 Å². The number of aromatic nitrogens is 2. The smallest absolute Gasteiger partial charge is 0.0521 e. The minimum Gasteiger partial charge on any atom is -0.317 e. The molecule has 1 unspecified atom stereocenters. The van der Waals surface area contributed by atoms with Gasteiger partial charge in [0, 0.05) is 19.3 Å². The molecule has 1 aromatic heterocycles. The van der Waals surface area contributed by atoms with Crippen LogP contribution in [0.5, 0.6) is 0 Å². The van der Waals surface area contributed by atoms with Gasteiger partial charge in [-0.3, -0.25) is 4.68 Å². The Morgan fingerprint density at radius 3 is 2.75 bits per heavy atom. The van der Waals surface area contributed by atoms with E-state index in [4.69, 9.17) is 0 Å². The number of hydrogen-bond donors (Lipinski definition) is 1. The van der Waals surface area contributed by atoms with E-state index in [-0.39, 0.29) is 0 Å². The Morgan fingerprint density at radius 2 is 2.10 bits per heavy atom. The molecule has 0 aliphatic heterocycles. The molecule has 2 rings (SSSR count). The molecular formula is C17H25N3. The molecule has 0 bridgehead atoms. The highest BCUT2D eigenvalue weighted by atomic mass is 15.2. The van der Waals surface area contributed by atoms with E-state index in [0.29, 0.717) is 6.04 Å². The zero-order valence-electron chi connectivity index (χ0n) is 13.0. The predicted molar refractivity (Wildman–Crippen MR) is 84.0 cm³/mol. The number of aryl methyl sites for hydroxylation is 4. The molecule has 0 spiro atoms. The molecule has 3 nitrogen and oxygen atoms in total. The maximum atomic E-state index is 4.23. The second kappa shape index (κ2) is 6.71. The van der Waals surface area contributed by atoms with Gasteiger partial charge >= 0.3 is 0 Å². The summed E-state index contributed by atoms with van der Waals surface area (Å²) in [5.74, 6) is 0. The highest BCUT2D eigenvalue weighted by Gasteiger charge is 2.10. The van der Waals surface area contributed by atoms with E-state index in [0.717, 1.165) is 19.3 Å². The van der Waals surface area contributed by atoms with E-state index in [1.807, 2.05) is 17.9 Å². The molecule has 0 radical (unpaired) electrons. The van der Waals surface area contributed by atoms with Crippen molar-refractivity contribution in [3.8, 4) is 0 Å². The molecule has 1 aromatic carbocycles. The summed E-state index contributed by atoms with van der Waals surface area (Å²) in [4.78, 5) is 0. The van der Waals surface area contributed by atoms with Gasteiger partial charge in [-0.05, 0) is 56.8 Å². The average Bonchev–Trinajstić information content (AvgIpc) is 2.84. The van der Waals surface area contributed by atoms with E-state index in [2.05, 4.69) is 55.7 Å². The van der Waals surface area contributed by atoms with Gasteiger partial charge in [0.1, 0.15) is 0 Å². The minimum absolute atomic E-state index is 0.510. The molecule has 3 heteroatoms. The van der Waals surface area contributed by atoms with Crippen molar-refractivity contribution in [2.45, 2.75) is 39.2 Å². The molecule has 0 saturated heterocycles. The Kier molecular flexibility index (Phi) is 4.96. The van der Waals surface area contributed by atoms with Crippen LogP contribution in [0.3, 0.4) is 0 Å². The van der Waals surface area contributed by atoms with Crippen LogP contribution in [0.25, 0.3) is 0 Å². The summed E-state index contributed by atoms with van der Waals surface area (Å²) in [5, 5.41) is 7.67. The van der Waals surface area contributed by atoms with E-state index < -0.39 is 0 Å². The van der Waals surface area contributed by atoms with E-state index >= 15 is 0 Å². The molecule has 0 fully saturated rings. The van der Waals surface area contributed by atoms with Crippen LogP contribution in [0.15, 0.2) is 30.6 Å². The molecule has 20 heavy (non-hydrogen) atoms. The summed E-state index contributed by atoms with van der Waals surface area (Å²) in [6.45, 7) is 4.36. The Balaban J connectivity index is 1.96. The van der Waals surface area contributed by atoms with Crippen molar-refractivity contribution >= 4 is 0 Å². The Labute approximate surface area is 122 Å². The maximum Gasteiger partial charge on any atom is 0.0521 e. The number of nitrogens with zero attached hydrogens (tertiary/aromatic N) is 2. The van der Waals surface area contributed by atoms with E-state index in [1.165, 1.54) is 22.3 Å². The van der Waals surface area contributed by atoms with Gasteiger partial charge in [-0.15, -0.1) is 0 Å². The third-order valence-electron chi connectivity index (χ3n) is 3.92. The van der Waals surface area contributed by atoms with Gasteiger partial charge in [0.05, 0.1) is 6.20 Å². The predicted octanol–water partition coefficient (Wildman–Crippen LogP) is 2.80. The number of likely N-dealkylation sites (N-methyl/N-ethyl adjacent to an activating group) is 1. The van der Waals surface area contributed by atoms with Crippen LogP contribution < -0.4 is 5.32 Å². The molecule has 0 aliphatic rings. The first-order chi connectivity index (χ1) is 9.58. The second-order valence-corrected chi connectivity index (χ2v) is 5.68. The molecule has 0 saturated carbocycles. The van der Waals surface area contributed by atoms with Crippen LogP contribution in [0.2, 0.25) is 0 Å². The molecule has 2 aromatic rings. The highest BCUT2D eigenvalue weighted by molar-refractivity contribution is 5.31. The fourth-order valence-electron chi connectivity index (χ4n) is 2.58. The van der Waals surface area contributed by atoms with Crippen LogP contribution in [-0.4, -0.2) is 22.9 Å². The summed E-state index contributed by atoms with van der Waals surface area (Å²) < 4.78 is 1.87. The quantitative estimate of drug-likeness (QED) is 0.875. The van der Waals surface area contributed by atoms with Crippen molar-refractivity contribution in [1.82, 2.24) is 15.1 Å². The monoisotopic (exact) mass is 271 g/mol. The van der Waals surface area contributed by atoms with E-state index in [1.54, 1.807) is 0 Å². The van der Waals surface area contributed by atoms with Gasteiger partial charge in [0.2, 0.25) is 0 Å². The summed E-state index contributed by atoms with van der Waals surface area (Å²) in [5.41, 5.74) is 5.49. The Bertz CT molecular complexity index is 557.